The van der Waals surface area contributed by atoms with Crippen molar-refractivity contribution in [1.82, 2.24) is 19.7 Å². The van der Waals surface area contributed by atoms with Crippen molar-refractivity contribution in [3.8, 4) is 0 Å². The summed E-state index contributed by atoms with van der Waals surface area (Å²) in [5.74, 6) is 0.836. The number of ether oxygens (including phenoxy) is 1. The van der Waals surface area contributed by atoms with Crippen molar-refractivity contribution in [3.63, 3.8) is 0 Å². The molecular weight excluding hydrogens is 184 g/mol. The lowest BCUT2D eigenvalue weighted by Gasteiger charge is -2.26. The number of nitrogens with zero attached hydrogens (tertiary/aromatic N) is 4. The van der Waals surface area contributed by atoms with E-state index in [1.165, 1.54) is 7.11 Å². The molecule has 1 aromatic rings. The molecule has 76 valence electrons. The smallest absolute Gasteiger partial charge is 0.249 e. The Balaban J connectivity index is 2.04. The van der Waals surface area contributed by atoms with Gasteiger partial charge >= 0.3 is 0 Å². The van der Waals surface area contributed by atoms with Gasteiger partial charge < -0.3 is 14.2 Å². The van der Waals surface area contributed by atoms with Crippen LogP contribution in [0.1, 0.15) is 5.82 Å². The predicted octanol–water partition coefficient (Wildman–Crippen LogP) is -0.733. The second-order valence-corrected chi connectivity index (χ2v) is 3.19. The fraction of sp³-hybridized carbons (Fsp3) is 0.625. The highest BCUT2D eigenvalue weighted by Crippen LogP contribution is 2.08. The van der Waals surface area contributed by atoms with E-state index in [2.05, 4.69) is 10.2 Å². The number of amides is 1. The molecule has 0 fully saturated rings. The summed E-state index contributed by atoms with van der Waals surface area (Å²) in [6, 6.07) is 0. The lowest BCUT2D eigenvalue weighted by Crippen LogP contribution is -2.40. The van der Waals surface area contributed by atoms with Crippen molar-refractivity contribution >= 4 is 5.91 Å². The van der Waals surface area contributed by atoms with Gasteiger partial charge in [-0.2, -0.15) is 0 Å². The average Bonchev–Trinajstić information content (AvgIpc) is 2.64. The zero-order valence-electron chi connectivity index (χ0n) is 8.01. The summed E-state index contributed by atoms with van der Waals surface area (Å²) in [5.41, 5.74) is 0. The standard InChI is InChI=1S/C8H12N4O2/c1-14-5-8(13)11-2-3-12-6-9-10-7(12)4-11/h6H,2-5H2,1H3. The Bertz CT molecular complexity index is 336. The van der Waals surface area contributed by atoms with Crippen molar-refractivity contribution in [2.24, 2.45) is 0 Å². The van der Waals surface area contributed by atoms with Crippen LogP contribution in [-0.4, -0.2) is 45.8 Å². The van der Waals surface area contributed by atoms with E-state index in [4.69, 9.17) is 4.74 Å². The third-order valence-electron chi connectivity index (χ3n) is 2.26. The van der Waals surface area contributed by atoms with Gasteiger partial charge in [-0.15, -0.1) is 10.2 Å². The van der Waals surface area contributed by atoms with Crippen LogP contribution in [0.15, 0.2) is 6.33 Å². The monoisotopic (exact) mass is 196 g/mol. The third kappa shape index (κ3) is 1.60. The molecule has 0 radical (unpaired) electrons. The van der Waals surface area contributed by atoms with Crippen molar-refractivity contribution in [2.45, 2.75) is 13.1 Å². The Kier molecular flexibility index (Phi) is 2.45. The van der Waals surface area contributed by atoms with Crippen molar-refractivity contribution in [1.29, 1.82) is 0 Å². The molecule has 2 heterocycles. The molecule has 0 atom stereocenters. The summed E-state index contributed by atoms with van der Waals surface area (Å²) in [6.45, 7) is 2.13. The first kappa shape index (κ1) is 9.14. The summed E-state index contributed by atoms with van der Waals surface area (Å²) in [5, 5.41) is 7.72. The van der Waals surface area contributed by atoms with E-state index in [0.29, 0.717) is 13.1 Å². The lowest BCUT2D eigenvalue weighted by atomic mass is 10.3. The molecule has 0 unspecified atom stereocenters. The molecule has 0 aliphatic carbocycles. The molecule has 0 saturated heterocycles. The number of hydrogen-bond acceptors (Lipinski definition) is 4. The van der Waals surface area contributed by atoms with E-state index in [1.54, 1.807) is 11.2 Å². The van der Waals surface area contributed by atoms with E-state index in [-0.39, 0.29) is 12.5 Å². The molecule has 1 aliphatic rings. The second kappa shape index (κ2) is 3.75. The van der Waals surface area contributed by atoms with Gasteiger partial charge in [0.1, 0.15) is 12.9 Å². The molecule has 0 N–H and O–H groups in total. The van der Waals surface area contributed by atoms with E-state index in [1.807, 2.05) is 4.57 Å². The maximum absolute atomic E-state index is 11.5. The van der Waals surface area contributed by atoms with Crippen LogP contribution in [-0.2, 0) is 22.6 Å². The minimum absolute atomic E-state index is 0.00162. The Morgan fingerprint density at radius 1 is 1.64 bits per heavy atom. The number of rotatable bonds is 2. The number of fused-ring (bicyclic) bond motifs is 1. The van der Waals surface area contributed by atoms with Crippen LogP contribution in [0, 0.1) is 0 Å². The summed E-state index contributed by atoms with van der Waals surface area (Å²) in [7, 11) is 1.52. The highest BCUT2D eigenvalue weighted by molar-refractivity contribution is 5.77. The molecule has 1 amide bonds. The Morgan fingerprint density at radius 3 is 3.29 bits per heavy atom. The topological polar surface area (TPSA) is 60.2 Å². The number of methoxy groups -OCH3 is 1. The first-order chi connectivity index (χ1) is 6.81. The van der Waals surface area contributed by atoms with Crippen LogP contribution in [0.4, 0.5) is 0 Å². The number of aromatic nitrogens is 3. The van der Waals surface area contributed by atoms with Gasteiger partial charge in [0.2, 0.25) is 5.91 Å². The molecular formula is C8H12N4O2. The summed E-state index contributed by atoms with van der Waals surface area (Å²) < 4.78 is 6.75. The number of carbonyl (C=O) groups excluding carboxylic acids is 1. The van der Waals surface area contributed by atoms with Crippen LogP contribution >= 0.6 is 0 Å². The Labute approximate surface area is 81.5 Å². The zero-order valence-corrected chi connectivity index (χ0v) is 8.01. The lowest BCUT2D eigenvalue weighted by molar-refractivity contribution is -0.136. The molecule has 0 spiro atoms. The summed E-state index contributed by atoms with van der Waals surface area (Å²) >= 11 is 0. The Hall–Kier alpha value is -1.43. The number of carbonyl (C=O) groups is 1. The van der Waals surface area contributed by atoms with E-state index in [9.17, 15) is 4.79 Å². The molecule has 6 heteroatoms. The summed E-state index contributed by atoms with van der Waals surface area (Å²) in [4.78, 5) is 13.2. The van der Waals surface area contributed by atoms with Gasteiger partial charge in [0, 0.05) is 20.2 Å². The molecule has 0 aromatic carbocycles. The SMILES string of the molecule is COCC(=O)N1CCn2cnnc2C1. The maximum Gasteiger partial charge on any atom is 0.249 e. The van der Waals surface area contributed by atoms with Gasteiger partial charge in [-0.3, -0.25) is 4.79 Å². The van der Waals surface area contributed by atoms with Crippen LogP contribution in [0.2, 0.25) is 0 Å². The van der Waals surface area contributed by atoms with E-state index in [0.717, 1.165) is 12.4 Å². The van der Waals surface area contributed by atoms with Crippen LogP contribution < -0.4 is 0 Å². The number of hydrogen-bond donors (Lipinski definition) is 0. The summed E-state index contributed by atoms with van der Waals surface area (Å²) in [6.07, 6.45) is 1.69. The van der Waals surface area contributed by atoms with Crippen LogP contribution in [0.5, 0.6) is 0 Å². The maximum atomic E-state index is 11.5. The molecule has 2 rings (SSSR count). The fourth-order valence-electron chi connectivity index (χ4n) is 1.49. The van der Waals surface area contributed by atoms with Gasteiger partial charge in [-0.1, -0.05) is 0 Å². The molecule has 0 bridgehead atoms. The molecule has 6 nitrogen and oxygen atoms in total. The van der Waals surface area contributed by atoms with E-state index >= 15 is 0 Å². The van der Waals surface area contributed by atoms with Crippen LogP contribution in [0.3, 0.4) is 0 Å². The zero-order chi connectivity index (χ0) is 9.97. The quantitative estimate of drug-likeness (QED) is 0.625. The van der Waals surface area contributed by atoms with Gasteiger partial charge in [0.25, 0.3) is 0 Å². The first-order valence-corrected chi connectivity index (χ1v) is 4.44. The average molecular weight is 196 g/mol. The normalized spacial score (nSPS) is 15.4. The van der Waals surface area contributed by atoms with Crippen molar-refractivity contribution in [2.75, 3.05) is 20.3 Å². The van der Waals surface area contributed by atoms with Gasteiger partial charge in [-0.25, -0.2) is 0 Å². The largest absolute Gasteiger partial charge is 0.375 e. The predicted molar refractivity (Wildman–Crippen MR) is 47.3 cm³/mol. The Morgan fingerprint density at radius 2 is 2.50 bits per heavy atom. The molecule has 1 aromatic heterocycles. The van der Waals surface area contributed by atoms with Gasteiger partial charge in [0.15, 0.2) is 5.82 Å². The fourth-order valence-corrected chi connectivity index (χ4v) is 1.49. The van der Waals surface area contributed by atoms with Crippen molar-refractivity contribution in [3.05, 3.63) is 12.2 Å². The minimum atomic E-state index is 0.00162. The highest BCUT2D eigenvalue weighted by Gasteiger charge is 2.21. The third-order valence-corrected chi connectivity index (χ3v) is 2.26. The molecule has 1 aliphatic heterocycles. The molecule has 0 saturated carbocycles. The first-order valence-electron chi connectivity index (χ1n) is 4.44. The van der Waals surface area contributed by atoms with Gasteiger partial charge in [-0.05, 0) is 0 Å². The second-order valence-electron chi connectivity index (χ2n) is 3.19. The molecule has 14 heavy (non-hydrogen) atoms. The van der Waals surface area contributed by atoms with Gasteiger partial charge in [0.05, 0.1) is 6.54 Å². The van der Waals surface area contributed by atoms with E-state index < -0.39 is 0 Å². The minimum Gasteiger partial charge on any atom is -0.375 e. The highest BCUT2D eigenvalue weighted by atomic mass is 16.5. The van der Waals surface area contributed by atoms with Crippen molar-refractivity contribution < 1.29 is 9.53 Å². The van der Waals surface area contributed by atoms with Crippen LogP contribution in [0.25, 0.3) is 0 Å².